The largest absolute Gasteiger partial charge is 0.328 e. The molecule has 1 aromatic carbocycles. The summed E-state index contributed by atoms with van der Waals surface area (Å²) in [7, 11) is 0. The Morgan fingerprint density at radius 3 is 2.32 bits per heavy atom. The summed E-state index contributed by atoms with van der Waals surface area (Å²) >= 11 is 1.36. The molecule has 0 radical (unpaired) electrons. The number of hydrogen-bond donors (Lipinski definition) is 1. The summed E-state index contributed by atoms with van der Waals surface area (Å²) in [5.41, 5.74) is 6.30. The lowest BCUT2D eigenvalue weighted by Crippen LogP contribution is -2.18. The van der Waals surface area contributed by atoms with E-state index >= 15 is 0 Å². The Morgan fingerprint density at radius 1 is 1.21 bits per heavy atom. The van der Waals surface area contributed by atoms with Gasteiger partial charge < -0.3 is 5.73 Å². The lowest BCUT2D eigenvalue weighted by molar-refractivity contribution is 0.508. The van der Waals surface area contributed by atoms with Crippen LogP contribution in [0.25, 0.3) is 0 Å². The van der Waals surface area contributed by atoms with Crippen LogP contribution in [-0.4, -0.2) is 11.3 Å². The minimum absolute atomic E-state index is 0.0874. The number of halogens is 2. The first kappa shape index (κ1) is 14.8. The van der Waals surface area contributed by atoms with Crippen molar-refractivity contribution in [3.63, 3.8) is 0 Å². The maximum absolute atomic E-state index is 14.0. The van der Waals surface area contributed by atoms with E-state index < -0.39 is 11.6 Å². The predicted molar refractivity (Wildman–Crippen MR) is 76.4 cm³/mol. The number of nitrogens with two attached hydrogens (primary N) is 1. The standard InChI is InChI=1S/C15H21F2NS/c1-10(18)7-11-8-13(16)15(14(17)9-11)19-12-5-3-2-4-6-12/h8-10,12H,2-7,18H2,1H3. The van der Waals surface area contributed by atoms with Crippen LogP contribution in [0.2, 0.25) is 0 Å². The van der Waals surface area contributed by atoms with E-state index in [-0.39, 0.29) is 10.9 Å². The quantitative estimate of drug-likeness (QED) is 0.893. The van der Waals surface area contributed by atoms with Gasteiger partial charge in [-0.2, -0.15) is 0 Å². The van der Waals surface area contributed by atoms with Gasteiger partial charge in [-0.25, -0.2) is 8.78 Å². The van der Waals surface area contributed by atoms with Gasteiger partial charge in [-0.1, -0.05) is 19.3 Å². The normalized spacial score (nSPS) is 18.5. The molecule has 1 aliphatic rings. The number of thioether (sulfide) groups is 1. The van der Waals surface area contributed by atoms with E-state index in [0.717, 1.165) is 12.8 Å². The molecule has 4 heteroatoms. The van der Waals surface area contributed by atoms with Gasteiger partial charge in [0.25, 0.3) is 0 Å². The summed E-state index contributed by atoms with van der Waals surface area (Å²) < 4.78 is 28.0. The van der Waals surface area contributed by atoms with Crippen molar-refractivity contribution in [1.82, 2.24) is 0 Å². The van der Waals surface area contributed by atoms with E-state index in [1.807, 2.05) is 6.92 Å². The van der Waals surface area contributed by atoms with Crippen molar-refractivity contribution in [3.8, 4) is 0 Å². The van der Waals surface area contributed by atoms with E-state index in [0.29, 0.717) is 17.2 Å². The highest BCUT2D eigenvalue weighted by molar-refractivity contribution is 8.00. The molecule has 0 spiro atoms. The van der Waals surface area contributed by atoms with Crippen LogP contribution < -0.4 is 5.73 Å². The fraction of sp³-hybridized carbons (Fsp3) is 0.600. The van der Waals surface area contributed by atoms with Crippen LogP contribution in [0.4, 0.5) is 8.78 Å². The molecule has 1 nitrogen and oxygen atoms in total. The van der Waals surface area contributed by atoms with E-state index in [9.17, 15) is 8.78 Å². The van der Waals surface area contributed by atoms with Crippen molar-refractivity contribution in [1.29, 1.82) is 0 Å². The van der Waals surface area contributed by atoms with Gasteiger partial charge in [0.1, 0.15) is 11.6 Å². The molecule has 1 aromatic rings. The summed E-state index contributed by atoms with van der Waals surface area (Å²) in [5, 5.41) is 0.358. The lowest BCUT2D eigenvalue weighted by atomic mass is 10.0. The van der Waals surface area contributed by atoms with Crippen molar-refractivity contribution in [2.45, 2.75) is 61.6 Å². The summed E-state index contributed by atoms with van der Waals surface area (Å²) in [6.45, 7) is 1.83. The van der Waals surface area contributed by atoms with Crippen LogP contribution in [0.3, 0.4) is 0 Å². The number of rotatable bonds is 4. The zero-order valence-corrected chi connectivity index (χ0v) is 12.1. The highest BCUT2D eigenvalue weighted by atomic mass is 32.2. The Balaban J connectivity index is 2.11. The van der Waals surface area contributed by atoms with Gasteiger partial charge in [0.15, 0.2) is 0 Å². The molecule has 1 atom stereocenters. The molecule has 1 saturated carbocycles. The van der Waals surface area contributed by atoms with Gasteiger partial charge in [-0.05, 0) is 43.9 Å². The van der Waals surface area contributed by atoms with Crippen LogP contribution >= 0.6 is 11.8 Å². The Hall–Kier alpha value is -0.610. The van der Waals surface area contributed by atoms with E-state index in [2.05, 4.69) is 0 Å². The minimum atomic E-state index is -0.439. The first-order chi connectivity index (χ1) is 9.06. The third-order valence-corrected chi connectivity index (χ3v) is 4.88. The van der Waals surface area contributed by atoms with Gasteiger partial charge >= 0.3 is 0 Å². The summed E-state index contributed by atoms with van der Waals surface area (Å²) in [6, 6.07) is 2.77. The molecule has 0 aromatic heterocycles. The highest BCUT2D eigenvalue weighted by Crippen LogP contribution is 2.36. The third kappa shape index (κ3) is 4.18. The smallest absolute Gasteiger partial charge is 0.140 e. The molecule has 1 fully saturated rings. The SMILES string of the molecule is CC(N)Cc1cc(F)c(SC2CCCCC2)c(F)c1. The second kappa shape index (κ2) is 6.71. The Bertz CT molecular complexity index is 405. The third-order valence-electron chi connectivity index (χ3n) is 3.45. The first-order valence-corrected chi connectivity index (χ1v) is 7.84. The minimum Gasteiger partial charge on any atom is -0.328 e. The number of hydrogen-bond acceptors (Lipinski definition) is 2. The number of benzene rings is 1. The van der Waals surface area contributed by atoms with Crippen molar-refractivity contribution in [3.05, 3.63) is 29.3 Å². The molecule has 2 rings (SSSR count). The molecular formula is C15H21F2NS. The maximum Gasteiger partial charge on any atom is 0.140 e. The maximum atomic E-state index is 14.0. The molecule has 0 heterocycles. The molecule has 0 bridgehead atoms. The van der Waals surface area contributed by atoms with Crippen LogP contribution in [-0.2, 0) is 6.42 Å². The van der Waals surface area contributed by atoms with Gasteiger partial charge in [-0.15, -0.1) is 11.8 Å². The zero-order chi connectivity index (χ0) is 13.8. The van der Waals surface area contributed by atoms with Crippen molar-refractivity contribution < 1.29 is 8.78 Å². The Kier molecular flexibility index (Phi) is 5.22. The van der Waals surface area contributed by atoms with E-state index in [1.165, 1.54) is 43.2 Å². The van der Waals surface area contributed by atoms with Crippen LogP contribution in [0, 0.1) is 11.6 Å². The van der Waals surface area contributed by atoms with Crippen molar-refractivity contribution >= 4 is 11.8 Å². The molecule has 0 saturated heterocycles. The molecule has 0 amide bonds. The predicted octanol–water partition coefficient (Wildman–Crippen LogP) is 4.28. The summed E-state index contributed by atoms with van der Waals surface area (Å²) in [6.07, 6.45) is 6.21. The molecule has 106 valence electrons. The van der Waals surface area contributed by atoms with Crippen LogP contribution in [0.15, 0.2) is 17.0 Å². The lowest BCUT2D eigenvalue weighted by Gasteiger charge is -2.21. The fourth-order valence-corrected chi connectivity index (χ4v) is 3.81. The van der Waals surface area contributed by atoms with Gasteiger partial charge in [0.2, 0.25) is 0 Å². The topological polar surface area (TPSA) is 26.0 Å². The first-order valence-electron chi connectivity index (χ1n) is 6.96. The van der Waals surface area contributed by atoms with E-state index in [4.69, 9.17) is 5.73 Å². The van der Waals surface area contributed by atoms with E-state index in [1.54, 1.807) is 0 Å². The zero-order valence-electron chi connectivity index (χ0n) is 11.3. The second-order valence-electron chi connectivity index (χ2n) is 5.45. The monoisotopic (exact) mass is 285 g/mol. The molecular weight excluding hydrogens is 264 g/mol. The van der Waals surface area contributed by atoms with Gasteiger partial charge in [-0.3, -0.25) is 0 Å². The molecule has 1 unspecified atom stereocenters. The highest BCUT2D eigenvalue weighted by Gasteiger charge is 2.20. The average molecular weight is 285 g/mol. The molecule has 0 aliphatic heterocycles. The van der Waals surface area contributed by atoms with Crippen LogP contribution in [0.1, 0.15) is 44.6 Å². The van der Waals surface area contributed by atoms with Crippen LogP contribution in [0.5, 0.6) is 0 Å². The second-order valence-corrected chi connectivity index (χ2v) is 6.76. The fourth-order valence-electron chi connectivity index (χ4n) is 2.56. The summed E-state index contributed by atoms with van der Waals surface area (Å²) in [4.78, 5) is 0.181. The van der Waals surface area contributed by atoms with Crippen molar-refractivity contribution in [2.75, 3.05) is 0 Å². The summed E-state index contributed by atoms with van der Waals surface area (Å²) in [5.74, 6) is -0.877. The molecule has 19 heavy (non-hydrogen) atoms. The molecule has 1 aliphatic carbocycles. The Morgan fingerprint density at radius 2 is 1.79 bits per heavy atom. The van der Waals surface area contributed by atoms with Crippen molar-refractivity contribution in [2.24, 2.45) is 5.73 Å². The van der Waals surface area contributed by atoms with Gasteiger partial charge in [0, 0.05) is 11.3 Å². The Labute approximate surface area is 118 Å². The molecule has 2 N–H and O–H groups in total. The van der Waals surface area contributed by atoms with Gasteiger partial charge in [0.05, 0.1) is 4.90 Å². The average Bonchev–Trinajstić information content (AvgIpc) is 2.34.